The van der Waals surface area contributed by atoms with E-state index in [1.807, 2.05) is 5.32 Å². The molecule has 0 unspecified atom stereocenters. The zero-order chi connectivity index (χ0) is 24.6. The van der Waals surface area contributed by atoms with E-state index in [1.54, 1.807) is 0 Å². The molecule has 2 aromatic carbocycles. The second-order valence-corrected chi connectivity index (χ2v) is 6.66. The molecule has 3 aromatic rings. The lowest BCUT2D eigenvalue weighted by molar-refractivity contribution is -0.143. The van der Waals surface area contributed by atoms with Crippen molar-refractivity contribution in [2.24, 2.45) is 0 Å². The highest BCUT2D eigenvalue weighted by Gasteiger charge is 2.37. The van der Waals surface area contributed by atoms with Crippen LogP contribution in [0.15, 0.2) is 46.0 Å². The van der Waals surface area contributed by atoms with Gasteiger partial charge >= 0.3 is 12.4 Å². The zero-order valence-electron chi connectivity index (χ0n) is 16.1. The van der Waals surface area contributed by atoms with Crippen molar-refractivity contribution in [2.45, 2.75) is 12.4 Å². The second kappa shape index (κ2) is 8.44. The van der Waals surface area contributed by atoms with E-state index < -0.39 is 58.5 Å². The van der Waals surface area contributed by atoms with E-state index in [-0.39, 0.29) is 34.7 Å². The Morgan fingerprint density at radius 2 is 1.42 bits per heavy atom. The van der Waals surface area contributed by atoms with Crippen molar-refractivity contribution in [3.05, 3.63) is 73.8 Å². The number of carbonyl (C=O) groups excluding carboxylic acids is 2. The number of aromatic nitrogens is 2. The highest BCUT2D eigenvalue weighted by molar-refractivity contribution is 6.04. The Hall–Kier alpha value is -4.10. The first-order valence-corrected chi connectivity index (χ1v) is 8.88. The van der Waals surface area contributed by atoms with Crippen LogP contribution in [-0.2, 0) is 17.1 Å². The van der Waals surface area contributed by atoms with Crippen LogP contribution >= 0.6 is 0 Å². The molecule has 0 atom stereocenters. The number of fused-ring (bicyclic) bond motifs is 1. The van der Waals surface area contributed by atoms with Crippen molar-refractivity contribution in [1.82, 2.24) is 15.5 Å². The van der Waals surface area contributed by atoms with Gasteiger partial charge in [-0.1, -0.05) is 6.07 Å². The summed E-state index contributed by atoms with van der Waals surface area (Å²) >= 11 is 0. The van der Waals surface area contributed by atoms with Gasteiger partial charge in [0.2, 0.25) is 5.91 Å². The van der Waals surface area contributed by atoms with Crippen molar-refractivity contribution in [3.63, 3.8) is 0 Å². The highest BCUT2D eigenvalue weighted by Crippen LogP contribution is 2.36. The first kappa shape index (κ1) is 23.6. The van der Waals surface area contributed by atoms with Crippen LogP contribution in [-0.4, -0.2) is 28.6 Å². The molecule has 2 amide bonds. The molecule has 4 N–H and O–H groups in total. The summed E-state index contributed by atoms with van der Waals surface area (Å²) < 4.78 is 77.6. The van der Waals surface area contributed by atoms with Gasteiger partial charge in [0, 0.05) is 5.56 Å². The van der Waals surface area contributed by atoms with Crippen LogP contribution in [0, 0.1) is 0 Å². The molecule has 0 radical (unpaired) electrons. The molecule has 0 aliphatic heterocycles. The third-order valence-corrected chi connectivity index (χ3v) is 4.36. The molecule has 3 rings (SSSR count). The minimum Gasteiger partial charge on any atom is -0.343 e. The van der Waals surface area contributed by atoms with Gasteiger partial charge in [0.25, 0.3) is 17.0 Å². The highest BCUT2D eigenvalue weighted by atomic mass is 19.4. The molecule has 0 saturated heterocycles. The van der Waals surface area contributed by atoms with Gasteiger partial charge in [0.1, 0.15) is 0 Å². The minimum absolute atomic E-state index is 0.0516. The molecule has 0 fully saturated rings. The Balaban J connectivity index is 1.80. The van der Waals surface area contributed by atoms with Crippen LogP contribution in [0.1, 0.15) is 21.5 Å². The molecular formula is C19H12F6N4O4. The summed E-state index contributed by atoms with van der Waals surface area (Å²) in [4.78, 5) is 48.1. The number of H-pyrrole nitrogens is 2. The van der Waals surface area contributed by atoms with Gasteiger partial charge in [-0.15, -0.1) is 0 Å². The number of rotatable bonds is 4. The van der Waals surface area contributed by atoms with Crippen LogP contribution in [0.4, 0.5) is 32.0 Å². The topological polar surface area (TPSA) is 124 Å². The van der Waals surface area contributed by atoms with Crippen molar-refractivity contribution < 1.29 is 35.9 Å². The number of alkyl halides is 6. The summed E-state index contributed by atoms with van der Waals surface area (Å²) in [7, 11) is 0. The fourth-order valence-corrected chi connectivity index (χ4v) is 2.88. The molecule has 1 heterocycles. The zero-order valence-corrected chi connectivity index (χ0v) is 16.1. The first-order chi connectivity index (χ1) is 15.3. The smallest absolute Gasteiger partial charge is 0.343 e. The van der Waals surface area contributed by atoms with E-state index in [2.05, 4.69) is 15.5 Å². The van der Waals surface area contributed by atoms with Crippen LogP contribution in [0.5, 0.6) is 0 Å². The lowest BCUT2D eigenvalue weighted by Gasteiger charge is -2.14. The Morgan fingerprint density at radius 3 is 2.00 bits per heavy atom. The van der Waals surface area contributed by atoms with E-state index in [0.29, 0.717) is 0 Å². The molecule has 0 spiro atoms. The van der Waals surface area contributed by atoms with E-state index in [0.717, 1.165) is 0 Å². The number of anilines is 1. The van der Waals surface area contributed by atoms with Crippen molar-refractivity contribution in [3.8, 4) is 0 Å². The molecule has 0 aliphatic rings. The number of hydrogen-bond acceptors (Lipinski definition) is 4. The van der Waals surface area contributed by atoms with Crippen LogP contribution in [0.3, 0.4) is 0 Å². The maximum Gasteiger partial charge on any atom is 0.416 e. The van der Waals surface area contributed by atoms with Crippen LogP contribution in [0.25, 0.3) is 10.8 Å². The average Bonchev–Trinajstić information content (AvgIpc) is 2.73. The molecule has 8 nitrogen and oxygen atoms in total. The third-order valence-electron chi connectivity index (χ3n) is 4.36. The largest absolute Gasteiger partial charge is 0.416 e. The Labute approximate surface area is 178 Å². The van der Waals surface area contributed by atoms with Crippen LogP contribution in [0.2, 0.25) is 0 Å². The van der Waals surface area contributed by atoms with Crippen LogP contribution < -0.4 is 21.8 Å². The summed E-state index contributed by atoms with van der Waals surface area (Å²) in [5.74, 6) is -2.33. The fraction of sp³-hybridized carbons (Fsp3) is 0.158. The SMILES string of the molecule is O=C(CNC(=O)c1cc(C(F)(F)F)cc(C(F)(F)F)c1)Nc1cccc2c(=O)[nH][nH]c(=O)c12. The number of benzene rings is 2. The number of carbonyl (C=O) groups is 2. The number of aromatic amines is 2. The van der Waals surface area contributed by atoms with Gasteiger partial charge in [0.15, 0.2) is 0 Å². The van der Waals surface area contributed by atoms with E-state index >= 15 is 0 Å². The molecule has 14 heteroatoms. The first-order valence-electron chi connectivity index (χ1n) is 8.88. The van der Waals surface area contributed by atoms with E-state index in [1.165, 1.54) is 18.2 Å². The third kappa shape index (κ3) is 5.22. The Bertz CT molecular complexity index is 1330. The van der Waals surface area contributed by atoms with Gasteiger partial charge in [-0.2, -0.15) is 26.3 Å². The van der Waals surface area contributed by atoms with Crippen molar-refractivity contribution in [1.29, 1.82) is 0 Å². The Morgan fingerprint density at radius 1 is 0.848 bits per heavy atom. The summed E-state index contributed by atoms with van der Waals surface area (Å²) in [5.41, 5.74) is -5.83. The predicted octanol–water partition coefficient (Wildman–Crippen LogP) is 2.62. The average molecular weight is 474 g/mol. The van der Waals surface area contributed by atoms with Crippen molar-refractivity contribution >= 4 is 28.3 Å². The van der Waals surface area contributed by atoms with E-state index in [9.17, 15) is 45.5 Å². The molecule has 1 aromatic heterocycles. The minimum atomic E-state index is -5.15. The number of nitrogens with one attached hydrogen (secondary N) is 4. The molecule has 0 aliphatic carbocycles. The standard InChI is InChI=1S/C19H12F6N4O4/c20-18(21,22)9-4-8(5-10(6-9)19(23,24)25)15(31)26-7-13(30)27-12-3-1-2-11-14(12)17(33)29-28-16(11)32/h1-6H,7H2,(H,26,31)(H,27,30)(H,28,32)(H,29,33). The number of halogens is 6. The Kier molecular flexibility index (Phi) is 6.03. The normalized spacial score (nSPS) is 11.9. The monoisotopic (exact) mass is 474 g/mol. The van der Waals surface area contributed by atoms with Gasteiger partial charge in [0.05, 0.1) is 34.1 Å². The predicted molar refractivity (Wildman–Crippen MR) is 103 cm³/mol. The number of hydrogen-bond donors (Lipinski definition) is 4. The van der Waals surface area contributed by atoms with Gasteiger partial charge in [-0.05, 0) is 30.3 Å². The molecular weight excluding hydrogens is 462 g/mol. The van der Waals surface area contributed by atoms with Gasteiger partial charge < -0.3 is 10.6 Å². The summed E-state index contributed by atoms with van der Waals surface area (Å²) in [6.07, 6.45) is -10.3. The molecule has 174 valence electrons. The summed E-state index contributed by atoms with van der Waals surface area (Å²) in [5, 5.41) is 8.08. The second-order valence-electron chi connectivity index (χ2n) is 6.66. The molecule has 33 heavy (non-hydrogen) atoms. The maximum atomic E-state index is 12.9. The summed E-state index contributed by atoms with van der Waals surface area (Å²) in [6.45, 7) is -0.853. The van der Waals surface area contributed by atoms with Crippen molar-refractivity contribution in [2.75, 3.05) is 11.9 Å². The van der Waals surface area contributed by atoms with E-state index in [4.69, 9.17) is 0 Å². The lowest BCUT2D eigenvalue weighted by Crippen LogP contribution is -2.33. The lowest BCUT2D eigenvalue weighted by atomic mass is 10.0. The number of amides is 2. The molecule has 0 bridgehead atoms. The summed E-state index contributed by atoms with van der Waals surface area (Å²) in [6, 6.07) is 4.25. The fourth-order valence-electron chi connectivity index (χ4n) is 2.88. The molecule has 0 saturated carbocycles. The maximum absolute atomic E-state index is 12.9. The van der Waals surface area contributed by atoms with Gasteiger partial charge in [-0.3, -0.25) is 29.4 Å². The van der Waals surface area contributed by atoms with Gasteiger partial charge in [-0.25, -0.2) is 0 Å². The quantitative estimate of drug-likeness (QED) is 0.434.